The number of carbonyl (C=O) groups excluding carboxylic acids is 1. The number of hydrogen-bond acceptors (Lipinski definition) is 3. The van der Waals surface area contributed by atoms with Gasteiger partial charge in [0.1, 0.15) is 17.1 Å². The number of aromatic nitrogens is 1. The van der Waals surface area contributed by atoms with Crippen molar-refractivity contribution in [1.82, 2.24) is 9.88 Å². The van der Waals surface area contributed by atoms with Crippen molar-refractivity contribution >= 4 is 5.91 Å². The molecule has 1 aliphatic rings. The summed E-state index contributed by atoms with van der Waals surface area (Å²) in [5.41, 5.74) is 2.36. The molecule has 2 N–H and O–H groups in total. The van der Waals surface area contributed by atoms with Crippen molar-refractivity contribution < 1.29 is 14.3 Å². The van der Waals surface area contributed by atoms with Crippen molar-refractivity contribution in [2.75, 3.05) is 6.54 Å². The zero-order valence-electron chi connectivity index (χ0n) is 15.1. The fourth-order valence-corrected chi connectivity index (χ4v) is 3.51. The smallest absolute Gasteiger partial charge is 0.253 e. The number of carbonyl (C=O) groups is 1. The fraction of sp³-hybridized carbons (Fsp3) is 0.526. The van der Waals surface area contributed by atoms with E-state index in [9.17, 15) is 9.90 Å². The molecule has 5 nitrogen and oxygen atoms in total. The van der Waals surface area contributed by atoms with Gasteiger partial charge < -0.3 is 19.4 Å². The molecule has 1 saturated carbocycles. The number of rotatable bonds is 5. The van der Waals surface area contributed by atoms with Crippen LogP contribution in [0.1, 0.15) is 64.6 Å². The molecule has 130 valence electrons. The summed E-state index contributed by atoms with van der Waals surface area (Å²) in [6.07, 6.45) is 2.37. The van der Waals surface area contributed by atoms with Gasteiger partial charge in [0.15, 0.2) is 0 Å². The summed E-state index contributed by atoms with van der Waals surface area (Å²) in [4.78, 5) is 12.6. The first kappa shape index (κ1) is 16.8. The topological polar surface area (TPSA) is 67.4 Å². The third kappa shape index (κ3) is 3.00. The maximum absolute atomic E-state index is 12.6. The zero-order valence-corrected chi connectivity index (χ0v) is 15.1. The van der Waals surface area contributed by atoms with Crippen LogP contribution in [0.3, 0.4) is 0 Å². The molecule has 0 bridgehead atoms. The Morgan fingerprint density at radius 2 is 2.00 bits per heavy atom. The molecule has 2 aromatic heterocycles. The molecule has 1 amide bonds. The summed E-state index contributed by atoms with van der Waals surface area (Å²) in [7, 11) is 0. The van der Waals surface area contributed by atoms with E-state index in [-0.39, 0.29) is 12.5 Å². The molecule has 1 fully saturated rings. The van der Waals surface area contributed by atoms with Gasteiger partial charge in [-0.15, -0.1) is 0 Å². The highest BCUT2D eigenvalue weighted by Crippen LogP contribution is 2.38. The fourth-order valence-electron chi connectivity index (χ4n) is 3.51. The molecule has 2 heterocycles. The first-order valence-electron chi connectivity index (χ1n) is 8.47. The predicted molar refractivity (Wildman–Crippen MR) is 92.3 cm³/mol. The number of aliphatic hydroxyl groups is 1. The van der Waals surface area contributed by atoms with Crippen LogP contribution in [-0.2, 0) is 5.60 Å². The molecule has 1 aliphatic carbocycles. The Morgan fingerprint density at radius 1 is 1.33 bits per heavy atom. The lowest BCUT2D eigenvalue weighted by molar-refractivity contribution is 0.0514. The monoisotopic (exact) mass is 330 g/mol. The van der Waals surface area contributed by atoms with Crippen LogP contribution in [0.4, 0.5) is 0 Å². The van der Waals surface area contributed by atoms with Crippen LogP contribution in [-0.4, -0.2) is 22.1 Å². The Kier molecular flexibility index (Phi) is 4.08. The third-order valence-electron chi connectivity index (χ3n) is 4.86. The van der Waals surface area contributed by atoms with Gasteiger partial charge in [0.25, 0.3) is 5.91 Å². The van der Waals surface area contributed by atoms with Gasteiger partial charge in [-0.3, -0.25) is 4.79 Å². The average Bonchev–Trinajstić information content (AvgIpc) is 3.19. The second kappa shape index (κ2) is 5.81. The maximum Gasteiger partial charge on any atom is 0.253 e. The van der Waals surface area contributed by atoms with Gasteiger partial charge in [-0.05, 0) is 59.6 Å². The van der Waals surface area contributed by atoms with Crippen molar-refractivity contribution in [2.45, 2.75) is 59.1 Å². The molecule has 2 aromatic rings. The molecule has 5 heteroatoms. The molecule has 1 atom stereocenters. The SMILES string of the molecule is Cc1cc([C@](C)(O)CNC(=O)c2cc(C)n(C3CC3)c2C)c(C)o1. The molecule has 0 aliphatic heterocycles. The third-order valence-corrected chi connectivity index (χ3v) is 4.86. The Bertz CT molecular complexity index is 779. The van der Waals surface area contributed by atoms with E-state index in [1.807, 2.05) is 39.8 Å². The second-order valence-electron chi connectivity index (χ2n) is 7.17. The molecule has 0 aromatic carbocycles. The minimum Gasteiger partial charge on any atom is -0.466 e. The van der Waals surface area contributed by atoms with Gasteiger partial charge in [-0.2, -0.15) is 0 Å². The molecule has 3 rings (SSSR count). The second-order valence-corrected chi connectivity index (χ2v) is 7.17. The number of nitrogens with one attached hydrogen (secondary N) is 1. The van der Waals surface area contributed by atoms with E-state index in [1.54, 1.807) is 6.92 Å². The van der Waals surface area contributed by atoms with Crippen LogP contribution in [0.15, 0.2) is 16.5 Å². The normalized spacial score (nSPS) is 16.9. The summed E-state index contributed by atoms with van der Waals surface area (Å²) in [5.74, 6) is 1.29. The molecule has 0 spiro atoms. The lowest BCUT2D eigenvalue weighted by atomic mass is 9.96. The summed E-state index contributed by atoms with van der Waals surface area (Å²) in [5, 5.41) is 13.6. The van der Waals surface area contributed by atoms with Crippen LogP contribution in [0.25, 0.3) is 0 Å². The highest BCUT2D eigenvalue weighted by atomic mass is 16.3. The van der Waals surface area contributed by atoms with E-state index in [1.165, 1.54) is 12.8 Å². The lowest BCUT2D eigenvalue weighted by Gasteiger charge is -2.23. The first-order valence-corrected chi connectivity index (χ1v) is 8.47. The molecular weight excluding hydrogens is 304 g/mol. The van der Waals surface area contributed by atoms with Crippen LogP contribution >= 0.6 is 0 Å². The predicted octanol–water partition coefficient (Wildman–Crippen LogP) is 3.29. The first-order chi connectivity index (χ1) is 11.2. The molecule has 24 heavy (non-hydrogen) atoms. The van der Waals surface area contributed by atoms with Gasteiger partial charge in [-0.25, -0.2) is 0 Å². The number of nitrogens with zero attached hydrogens (tertiary/aromatic N) is 1. The van der Waals surface area contributed by atoms with Crippen molar-refractivity contribution in [3.05, 3.63) is 46.2 Å². The van der Waals surface area contributed by atoms with Crippen molar-refractivity contribution in [3.63, 3.8) is 0 Å². The zero-order chi connectivity index (χ0) is 17.6. The minimum atomic E-state index is -1.17. The van der Waals surface area contributed by atoms with Crippen LogP contribution in [0, 0.1) is 27.7 Å². The van der Waals surface area contributed by atoms with E-state index < -0.39 is 5.60 Å². The van der Waals surface area contributed by atoms with Gasteiger partial charge in [0, 0.05) is 23.0 Å². The van der Waals surface area contributed by atoms with Gasteiger partial charge in [0.2, 0.25) is 0 Å². The van der Waals surface area contributed by atoms with E-state index in [2.05, 4.69) is 9.88 Å². The molecular formula is C19H26N2O3. The Labute approximate surface area is 142 Å². The average molecular weight is 330 g/mol. The quantitative estimate of drug-likeness (QED) is 0.884. The van der Waals surface area contributed by atoms with Gasteiger partial charge in [-0.1, -0.05) is 0 Å². The van der Waals surface area contributed by atoms with Crippen LogP contribution in [0.5, 0.6) is 0 Å². The van der Waals surface area contributed by atoms with Gasteiger partial charge >= 0.3 is 0 Å². The summed E-state index contributed by atoms with van der Waals surface area (Å²) >= 11 is 0. The standard InChI is InChI=1S/C19H26N2O3/c1-11-8-16(13(3)21(11)15-6-7-15)18(22)20-10-19(5,23)17-9-12(2)24-14(17)4/h8-9,15,23H,6-7,10H2,1-5H3,(H,20,22)/t19-/m1/s1. The Hall–Kier alpha value is -2.01. The van der Waals surface area contributed by atoms with E-state index in [0.717, 1.165) is 17.1 Å². The van der Waals surface area contributed by atoms with E-state index >= 15 is 0 Å². The molecule has 0 radical (unpaired) electrons. The Balaban J connectivity index is 1.73. The molecule has 0 unspecified atom stereocenters. The number of aryl methyl sites for hydroxylation is 3. The van der Waals surface area contributed by atoms with Crippen LogP contribution in [0.2, 0.25) is 0 Å². The maximum atomic E-state index is 12.6. The highest BCUT2D eigenvalue weighted by Gasteiger charge is 2.31. The summed E-state index contributed by atoms with van der Waals surface area (Å²) < 4.78 is 7.73. The largest absolute Gasteiger partial charge is 0.466 e. The minimum absolute atomic E-state index is 0.138. The summed E-state index contributed by atoms with van der Waals surface area (Å²) in [6.45, 7) is 9.52. The Morgan fingerprint density at radius 3 is 2.54 bits per heavy atom. The summed E-state index contributed by atoms with van der Waals surface area (Å²) in [6, 6.07) is 4.30. The van der Waals surface area contributed by atoms with Crippen molar-refractivity contribution in [3.8, 4) is 0 Å². The highest BCUT2D eigenvalue weighted by molar-refractivity contribution is 5.95. The number of furan rings is 1. The van der Waals surface area contributed by atoms with Crippen LogP contribution < -0.4 is 5.32 Å². The van der Waals surface area contributed by atoms with Crippen molar-refractivity contribution in [2.24, 2.45) is 0 Å². The van der Waals surface area contributed by atoms with E-state index in [4.69, 9.17) is 4.42 Å². The van der Waals surface area contributed by atoms with E-state index in [0.29, 0.717) is 22.9 Å². The number of hydrogen-bond donors (Lipinski definition) is 2. The van der Waals surface area contributed by atoms with Gasteiger partial charge in [0.05, 0.1) is 12.1 Å². The molecule has 0 saturated heterocycles. The lowest BCUT2D eigenvalue weighted by Crippen LogP contribution is -2.38. The van der Waals surface area contributed by atoms with Crippen molar-refractivity contribution in [1.29, 1.82) is 0 Å². The number of amides is 1.